The van der Waals surface area contributed by atoms with Gasteiger partial charge in [-0.05, 0) is 48.0 Å². The third-order valence-electron chi connectivity index (χ3n) is 4.60. The molecule has 146 valence electrons. The zero-order valence-corrected chi connectivity index (χ0v) is 17.1. The highest BCUT2D eigenvalue weighted by molar-refractivity contribution is 6.36. The van der Waals surface area contributed by atoms with Gasteiger partial charge in [0, 0.05) is 32.4 Å². The summed E-state index contributed by atoms with van der Waals surface area (Å²) >= 11 is 12.3. The summed E-state index contributed by atoms with van der Waals surface area (Å²) < 4.78 is 11.4. The van der Waals surface area contributed by atoms with Crippen LogP contribution in [-0.4, -0.2) is 13.0 Å². The second-order valence-corrected chi connectivity index (χ2v) is 7.34. The van der Waals surface area contributed by atoms with Gasteiger partial charge in [-0.3, -0.25) is 4.79 Å². The zero-order chi connectivity index (χ0) is 20.4. The van der Waals surface area contributed by atoms with Gasteiger partial charge in [0.15, 0.2) is 11.5 Å². The number of rotatable bonds is 5. The topological polar surface area (TPSA) is 47.6 Å². The van der Waals surface area contributed by atoms with Gasteiger partial charge in [-0.15, -0.1) is 0 Å². The van der Waals surface area contributed by atoms with E-state index in [9.17, 15) is 4.79 Å². The molecule has 0 saturated heterocycles. The van der Waals surface area contributed by atoms with Crippen LogP contribution < -0.4 is 14.8 Å². The Morgan fingerprint density at radius 2 is 1.83 bits per heavy atom. The molecule has 3 aromatic carbocycles. The largest absolute Gasteiger partial charge is 0.493 e. The molecule has 4 nitrogen and oxygen atoms in total. The van der Waals surface area contributed by atoms with Crippen molar-refractivity contribution in [3.63, 3.8) is 0 Å². The van der Waals surface area contributed by atoms with Crippen molar-refractivity contribution in [3.05, 3.63) is 87.4 Å². The normalized spacial score (nSPS) is 13.9. The molecule has 0 bridgehead atoms. The fourth-order valence-electron chi connectivity index (χ4n) is 3.13. The van der Waals surface area contributed by atoms with Gasteiger partial charge in [-0.2, -0.15) is 0 Å². The first-order valence-corrected chi connectivity index (χ1v) is 9.68. The highest BCUT2D eigenvalue weighted by atomic mass is 35.5. The van der Waals surface area contributed by atoms with Crippen molar-refractivity contribution < 1.29 is 14.3 Å². The first kappa shape index (κ1) is 19.4. The van der Waals surface area contributed by atoms with Gasteiger partial charge in [-0.25, -0.2) is 0 Å². The number of benzene rings is 3. The molecular weight excluding hydrogens is 409 g/mol. The standard InChI is InChI=1S/C23H17Cl2NO3/c1-28-22-11-14(6-9-21(22)29-13-15-4-2-3-5-19(15)25)10-18-17-12-16(24)7-8-20(17)26-23(18)27/h2-12H,13H2,1H3,(H,26,27). The Labute approximate surface area is 178 Å². The van der Waals surface area contributed by atoms with E-state index in [1.54, 1.807) is 31.4 Å². The monoisotopic (exact) mass is 425 g/mol. The molecule has 3 aromatic rings. The van der Waals surface area contributed by atoms with Crippen molar-refractivity contribution in [2.24, 2.45) is 0 Å². The first-order valence-electron chi connectivity index (χ1n) is 8.92. The number of halogens is 2. The quantitative estimate of drug-likeness (QED) is 0.504. The minimum absolute atomic E-state index is 0.166. The van der Waals surface area contributed by atoms with Crippen LogP contribution >= 0.6 is 23.2 Å². The minimum atomic E-state index is -0.166. The van der Waals surface area contributed by atoms with Gasteiger partial charge in [-0.1, -0.05) is 47.5 Å². The Bertz CT molecular complexity index is 1120. The Balaban J connectivity index is 1.61. The maximum absolute atomic E-state index is 12.4. The minimum Gasteiger partial charge on any atom is -0.493 e. The van der Waals surface area contributed by atoms with Gasteiger partial charge < -0.3 is 14.8 Å². The molecule has 4 rings (SSSR count). The van der Waals surface area contributed by atoms with E-state index in [0.717, 1.165) is 22.4 Å². The first-order chi connectivity index (χ1) is 14.0. The number of nitrogens with one attached hydrogen (secondary N) is 1. The molecule has 0 aromatic heterocycles. The van der Waals surface area contributed by atoms with Crippen LogP contribution in [0.4, 0.5) is 5.69 Å². The van der Waals surface area contributed by atoms with E-state index in [1.807, 2.05) is 42.5 Å². The number of fused-ring (bicyclic) bond motifs is 1. The summed E-state index contributed by atoms with van der Waals surface area (Å²) in [5.41, 5.74) is 3.77. The van der Waals surface area contributed by atoms with Crippen molar-refractivity contribution in [3.8, 4) is 11.5 Å². The highest BCUT2D eigenvalue weighted by Gasteiger charge is 2.24. The van der Waals surface area contributed by atoms with Gasteiger partial charge in [0.25, 0.3) is 5.91 Å². The highest BCUT2D eigenvalue weighted by Crippen LogP contribution is 2.36. The van der Waals surface area contributed by atoms with Crippen molar-refractivity contribution in [2.45, 2.75) is 6.61 Å². The number of anilines is 1. The van der Waals surface area contributed by atoms with E-state index < -0.39 is 0 Å². The SMILES string of the molecule is COc1cc(C=C2C(=O)Nc3ccc(Cl)cc32)ccc1OCc1ccccc1Cl. The lowest BCUT2D eigenvalue weighted by atomic mass is 10.0. The second kappa shape index (κ2) is 8.19. The molecule has 0 unspecified atom stereocenters. The average Bonchev–Trinajstić information content (AvgIpc) is 3.02. The molecule has 1 aliphatic rings. The number of hydrogen-bond acceptors (Lipinski definition) is 3. The number of ether oxygens (including phenoxy) is 2. The Morgan fingerprint density at radius 3 is 2.62 bits per heavy atom. The van der Waals surface area contributed by atoms with Gasteiger partial charge in [0.05, 0.1) is 7.11 Å². The smallest absolute Gasteiger partial charge is 0.256 e. The van der Waals surface area contributed by atoms with Gasteiger partial charge >= 0.3 is 0 Å². The van der Waals surface area contributed by atoms with Crippen molar-refractivity contribution in [1.29, 1.82) is 0 Å². The lowest BCUT2D eigenvalue weighted by molar-refractivity contribution is -0.110. The van der Waals surface area contributed by atoms with E-state index in [1.165, 1.54) is 0 Å². The Morgan fingerprint density at radius 1 is 1.00 bits per heavy atom. The lowest BCUT2D eigenvalue weighted by Gasteiger charge is -2.12. The van der Waals surface area contributed by atoms with Crippen LogP contribution in [0.5, 0.6) is 11.5 Å². The van der Waals surface area contributed by atoms with E-state index in [2.05, 4.69) is 5.32 Å². The summed E-state index contributed by atoms with van der Waals surface area (Å²) in [6, 6.07) is 18.3. The zero-order valence-electron chi connectivity index (χ0n) is 15.5. The molecule has 0 fully saturated rings. The van der Waals surface area contributed by atoms with Gasteiger partial charge in [0.2, 0.25) is 0 Å². The van der Waals surface area contributed by atoms with E-state index >= 15 is 0 Å². The van der Waals surface area contributed by atoms with E-state index in [0.29, 0.717) is 33.7 Å². The number of carbonyl (C=O) groups is 1. The summed E-state index contributed by atoms with van der Waals surface area (Å²) in [6.07, 6.45) is 1.80. The summed E-state index contributed by atoms with van der Waals surface area (Å²) in [5, 5.41) is 4.07. The summed E-state index contributed by atoms with van der Waals surface area (Å²) in [5.74, 6) is 0.991. The fourth-order valence-corrected chi connectivity index (χ4v) is 3.50. The maximum Gasteiger partial charge on any atom is 0.256 e. The Hall–Kier alpha value is -2.95. The molecular formula is C23H17Cl2NO3. The molecule has 1 N–H and O–H groups in total. The molecule has 1 aliphatic heterocycles. The summed E-state index contributed by atoms with van der Waals surface area (Å²) in [4.78, 5) is 12.4. The summed E-state index contributed by atoms with van der Waals surface area (Å²) in [7, 11) is 1.58. The maximum atomic E-state index is 12.4. The van der Waals surface area contributed by atoms with Crippen LogP contribution in [0.25, 0.3) is 11.6 Å². The van der Waals surface area contributed by atoms with E-state index in [-0.39, 0.29) is 5.91 Å². The fraction of sp³-hybridized carbons (Fsp3) is 0.0870. The predicted molar refractivity (Wildman–Crippen MR) is 117 cm³/mol. The van der Waals surface area contributed by atoms with Crippen LogP contribution in [-0.2, 0) is 11.4 Å². The molecule has 0 atom stereocenters. The van der Waals surface area contributed by atoms with Crippen LogP contribution in [0.15, 0.2) is 60.7 Å². The van der Waals surface area contributed by atoms with Crippen molar-refractivity contribution >= 4 is 46.4 Å². The number of hydrogen-bond donors (Lipinski definition) is 1. The van der Waals surface area contributed by atoms with Crippen LogP contribution in [0.3, 0.4) is 0 Å². The molecule has 6 heteroatoms. The average molecular weight is 426 g/mol. The third-order valence-corrected chi connectivity index (χ3v) is 5.21. The number of methoxy groups -OCH3 is 1. The summed E-state index contributed by atoms with van der Waals surface area (Å²) in [6.45, 7) is 0.324. The number of amides is 1. The van der Waals surface area contributed by atoms with Crippen LogP contribution in [0.2, 0.25) is 10.0 Å². The van der Waals surface area contributed by atoms with Crippen LogP contribution in [0, 0.1) is 0 Å². The predicted octanol–water partition coefficient (Wildman–Crippen LogP) is 6.07. The molecule has 0 spiro atoms. The molecule has 1 heterocycles. The van der Waals surface area contributed by atoms with Crippen molar-refractivity contribution in [1.82, 2.24) is 0 Å². The second-order valence-electron chi connectivity index (χ2n) is 6.49. The molecule has 29 heavy (non-hydrogen) atoms. The Kier molecular flexibility index (Phi) is 5.47. The molecule has 0 saturated carbocycles. The lowest BCUT2D eigenvalue weighted by Crippen LogP contribution is -2.03. The van der Waals surface area contributed by atoms with Crippen molar-refractivity contribution in [2.75, 3.05) is 12.4 Å². The molecule has 0 radical (unpaired) electrons. The van der Waals surface area contributed by atoms with Gasteiger partial charge in [0.1, 0.15) is 6.61 Å². The number of carbonyl (C=O) groups excluding carboxylic acids is 1. The van der Waals surface area contributed by atoms with Crippen LogP contribution in [0.1, 0.15) is 16.7 Å². The third kappa shape index (κ3) is 4.09. The molecule has 0 aliphatic carbocycles. The van der Waals surface area contributed by atoms with E-state index in [4.69, 9.17) is 32.7 Å². The molecule has 1 amide bonds.